The number of carboxylic acids is 1. The van der Waals surface area contributed by atoms with Crippen LogP contribution in [0.5, 0.6) is 0 Å². The molecule has 0 saturated carbocycles. The topological polar surface area (TPSA) is 570 Å². The van der Waals surface area contributed by atoms with Crippen molar-refractivity contribution in [1.82, 2.24) is 74.1 Å². The lowest BCUT2D eigenvalue weighted by Crippen LogP contribution is -2.63. The molecule has 622 valence electrons. The van der Waals surface area contributed by atoms with Crippen molar-refractivity contribution in [3.63, 3.8) is 0 Å². The third-order valence-corrected chi connectivity index (χ3v) is 19.0. The molecule has 0 spiro atoms. The van der Waals surface area contributed by atoms with Gasteiger partial charge in [-0.05, 0) is 107 Å². The van der Waals surface area contributed by atoms with Gasteiger partial charge >= 0.3 is 5.97 Å². The summed E-state index contributed by atoms with van der Waals surface area (Å²) >= 11 is 8.12. The summed E-state index contributed by atoms with van der Waals surface area (Å²) in [4.78, 5) is 199. The molecular formula is C77H109N17O18S2. The number of benzene rings is 4. The fourth-order valence-electron chi connectivity index (χ4n) is 11.6. The summed E-state index contributed by atoms with van der Waals surface area (Å²) < 4.78 is 19.0. The maximum Gasteiger partial charge on any atom is 0.327 e. The maximum atomic E-state index is 15.4. The van der Waals surface area contributed by atoms with Crippen LogP contribution in [0.2, 0.25) is 2.82 Å². The second kappa shape index (κ2) is 48.5. The number of nitrogens with one attached hydrogen (secondary N) is 14. The van der Waals surface area contributed by atoms with Gasteiger partial charge in [0.1, 0.15) is 72.5 Å². The number of hydrogen-bond donors (Lipinski definition) is 23. The van der Waals surface area contributed by atoms with Gasteiger partial charge in [0.15, 0.2) is 2.82 Å². The Bertz CT molecular complexity index is 4110. The Hall–Kier alpha value is -10.5. The number of H-pyrrole nitrogens is 1. The van der Waals surface area contributed by atoms with E-state index in [0.717, 1.165) is 13.8 Å². The summed E-state index contributed by atoms with van der Waals surface area (Å²) in [6.45, 7) is 5.58. The number of unbranched alkanes of at least 4 members (excludes halogenated alkanes) is 2. The van der Waals surface area contributed by atoms with Crippen LogP contribution < -0.4 is 86.3 Å². The van der Waals surface area contributed by atoms with Gasteiger partial charge in [0.2, 0.25) is 76.8 Å². The molecule has 0 aliphatic rings. The maximum absolute atomic E-state index is 15.4. The molecule has 0 bridgehead atoms. The Balaban J connectivity index is 1.47. The number of aliphatic hydroxyl groups is 3. The van der Waals surface area contributed by atoms with E-state index in [1.807, 2.05) is 0 Å². The van der Waals surface area contributed by atoms with Crippen LogP contribution in [0.1, 0.15) is 95.4 Å². The average Bonchev–Trinajstić information content (AvgIpc) is 1.33. The summed E-state index contributed by atoms with van der Waals surface area (Å²) in [5.74, 6) is -15.9. The largest absolute Gasteiger partial charge is 0.480 e. The number of fused-ring (bicyclic) bond motifs is 1. The number of amides is 13. The Morgan fingerprint density at radius 3 is 1.34 bits per heavy atom. The van der Waals surface area contributed by atoms with Gasteiger partial charge in [-0.15, -0.1) is 0 Å². The van der Waals surface area contributed by atoms with Crippen LogP contribution in [0.4, 0.5) is 0 Å². The number of aliphatic carboxylic acids is 1. The molecule has 1 aromatic heterocycles. The first-order chi connectivity index (χ1) is 55.2. The molecule has 0 aliphatic heterocycles. The molecule has 37 heteroatoms. The third-order valence-electron chi connectivity index (χ3n) is 18.2. The molecule has 0 fully saturated rings. The summed E-state index contributed by atoms with van der Waals surface area (Å²) in [6.07, 6.45) is -2.68. The second-order valence-corrected chi connectivity index (χ2v) is 28.4. The minimum atomic E-state index is -2.19. The van der Waals surface area contributed by atoms with Crippen LogP contribution >= 0.6 is 25.3 Å². The third kappa shape index (κ3) is 30.8. The number of para-hydroxylation sites is 1. The number of carboxylic acid groups (broad SMARTS) is 1. The van der Waals surface area contributed by atoms with E-state index in [-0.39, 0.29) is 87.2 Å². The highest BCUT2D eigenvalue weighted by Crippen LogP contribution is 2.21. The Morgan fingerprint density at radius 1 is 0.430 bits per heavy atom. The molecule has 15 atom stereocenters. The molecule has 24 N–H and O–H groups in total. The van der Waals surface area contributed by atoms with Crippen LogP contribution in [0.3, 0.4) is 0 Å². The van der Waals surface area contributed by atoms with Crippen molar-refractivity contribution in [2.45, 2.75) is 190 Å². The van der Waals surface area contributed by atoms with Crippen molar-refractivity contribution < 1.29 is 90.4 Å². The molecular weight excluding hydrogens is 1520 g/mol. The Kier molecular flexibility index (Phi) is 38.6. The molecule has 5 aromatic rings. The summed E-state index contributed by atoms with van der Waals surface area (Å²) in [7, 11) is 0. The van der Waals surface area contributed by atoms with Crippen molar-refractivity contribution in [3.8, 4) is 0 Å². The first-order valence-electron chi connectivity index (χ1n) is 38.3. The minimum absolute atomic E-state index is 0.00478. The van der Waals surface area contributed by atoms with E-state index in [4.69, 9.17) is 17.2 Å². The predicted molar refractivity (Wildman–Crippen MR) is 429 cm³/mol. The first kappa shape index (κ1) is 90.7. The number of thiol groups is 2. The zero-order valence-corrected chi connectivity index (χ0v) is 65.9. The smallest absolute Gasteiger partial charge is 0.327 e. The van der Waals surface area contributed by atoms with Crippen molar-refractivity contribution in [1.29, 1.82) is 0 Å². The zero-order valence-electron chi connectivity index (χ0n) is 66.1. The lowest BCUT2D eigenvalue weighted by atomic mass is 10.00. The number of nitrogens with two attached hydrogens (primary N) is 3. The van der Waals surface area contributed by atoms with E-state index in [0.29, 0.717) is 51.3 Å². The number of carbonyl (C=O) groups excluding carboxylic acids is 13. The fraction of sp³-hybridized carbons (Fsp3) is 0.481. The number of aromatic nitrogens is 1. The van der Waals surface area contributed by atoms with E-state index >= 15 is 19.2 Å². The molecule has 5 rings (SSSR count). The predicted octanol–water partition coefficient (Wildman–Crippen LogP) is -3.67. The van der Waals surface area contributed by atoms with Crippen molar-refractivity contribution in [3.05, 3.63) is 144 Å². The number of rotatable bonds is 49. The number of hydrogen-bond acceptors (Lipinski definition) is 22. The molecule has 0 saturated heterocycles. The van der Waals surface area contributed by atoms with Gasteiger partial charge in [0.25, 0.3) is 0 Å². The summed E-state index contributed by atoms with van der Waals surface area (Å²) in [5, 5.41) is 69.7. The van der Waals surface area contributed by atoms with Gasteiger partial charge < -0.3 is 112 Å². The van der Waals surface area contributed by atoms with E-state index in [9.17, 15) is 71.2 Å². The minimum Gasteiger partial charge on any atom is -0.480 e. The molecule has 1 heterocycles. The van der Waals surface area contributed by atoms with E-state index in [1.165, 1.54) is 6.92 Å². The van der Waals surface area contributed by atoms with E-state index < -0.39 is 187 Å². The standard InChI is InChI=1S/C77H109N17O18S2/c1-42(2)62(80)74(108)82-38-61(98)84-59(40-113)73(107)86-52(29-17-19-31-78)66(100)83-43(3)65(99)87-54(33-46-21-9-6-10-22-46)68(102)88-55(34-47-23-11-7-12-24-47)69(103)89-57(36-49-37-81-51-28-16-15-27-50(49)51)70(104)85-53(30-18-20-32-79)67(101)93-63(44(4)96)75(109)90-56(35-48-25-13-8-14-26-48)71(105)94-64(45(5)97)76(110)91-58(39-95)72(106)92-60(41-114)77(111)112/h6-16,21-28,37,42-45,52-60,62-64,81,95-97,113-114H,17-20,29-36,38-41,78-80H2,1-5H3,(H,82,108)(H,83,100)(H,84,98)(H,85,104)(H,86,107)(H,87,99)(H,88,102)(H,89,103)(H,90,109)(H,91,110)(H,92,106)(H,93,101)(H,94,105)(H,111,112)/t43-,44+,45+,52-,53-,54-,55-,56-,57-,58-,59-,60-,62+,63-,64-/m0/s1/i/hD2. The lowest BCUT2D eigenvalue weighted by Gasteiger charge is -2.29. The fourth-order valence-corrected chi connectivity index (χ4v) is 12.1. The molecule has 0 aliphatic carbocycles. The van der Waals surface area contributed by atoms with Gasteiger partial charge in [0.05, 0.1) is 31.4 Å². The molecule has 114 heavy (non-hydrogen) atoms. The van der Waals surface area contributed by atoms with Crippen LogP contribution in [-0.4, -0.2) is 237 Å². The van der Waals surface area contributed by atoms with Crippen LogP contribution in [0.15, 0.2) is 121 Å². The highest BCUT2D eigenvalue weighted by Gasteiger charge is 2.39. The van der Waals surface area contributed by atoms with Crippen molar-refractivity contribution in [2.24, 2.45) is 23.1 Å². The van der Waals surface area contributed by atoms with Gasteiger partial charge in [-0.1, -0.05) is 123 Å². The van der Waals surface area contributed by atoms with E-state index in [2.05, 4.69) is 88.7 Å². The van der Waals surface area contributed by atoms with Gasteiger partial charge in [0, 0.05) is 54.3 Å². The van der Waals surface area contributed by atoms with Crippen LogP contribution in [-0.2, 0) is 92.8 Å². The van der Waals surface area contributed by atoms with Crippen LogP contribution in [0.25, 0.3) is 10.9 Å². The SMILES string of the molecule is [2H]N(C(=O)[C@H](CCCCN)NC(=O)[C@H](Cc1c[nH]c2ccccc12)NC(=O)[C@H](Cc1ccccc1)N([2H])C(=O)[C@H](Cc1ccccc1)NC(=O)[C@H](C)NC(=O)[C@H](CCCCN)NC(=O)[C@H](CS)NC(=O)CNC(=O)[C@H](N)C(C)C)[C@H](C(=O)N[C@@H](Cc1ccccc1)C(=O)N[C@H](C(=O)N[C@@H](CO)C(=O)N[C@@H](CS)C(=O)O)[C@@H](C)O)[C@@H](C)O. The molecule has 35 nitrogen and oxygen atoms in total. The number of aromatic amines is 1. The number of aliphatic hydroxyl groups excluding tert-OH is 3. The summed E-state index contributed by atoms with van der Waals surface area (Å²) in [5.41, 5.74) is 19.9. The monoisotopic (exact) mass is 1630 g/mol. The molecule has 0 radical (unpaired) electrons. The first-order valence-corrected chi connectivity index (χ1v) is 38.6. The lowest BCUT2D eigenvalue weighted by molar-refractivity contribution is -0.142. The van der Waals surface area contributed by atoms with Crippen LogP contribution in [0, 0.1) is 5.92 Å². The van der Waals surface area contributed by atoms with Crippen molar-refractivity contribution >= 4 is 119 Å². The Labute approximate surface area is 674 Å². The zero-order chi connectivity index (χ0) is 85.9. The molecule has 4 aromatic carbocycles. The van der Waals surface area contributed by atoms with Gasteiger partial charge in [-0.25, -0.2) is 4.79 Å². The normalized spacial score (nSPS) is 15.4. The van der Waals surface area contributed by atoms with E-state index in [1.54, 1.807) is 135 Å². The highest BCUT2D eigenvalue weighted by molar-refractivity contribution is 7.80. The summed E-state index contributed by atoms with van der Waals surface area (Å²) in [6, 6.07) is 10.2. The Morgan fingerprint density at radius 2 is 0.833 bits per heavy atom. The second-order valence-electron chi connectivity index (χ2n) is 27.7. The molecule has 0 unspecified atom stereocenters. The highest BCUT2D eigenvalue weighted by atomic mass is 32.1. The number of carbonyl (C=O) groups is 14. The van der Waals surface area contributed by atoms with Gasteiger partial charge in [-0.3, -0.25) is 62.3 Å². The quantitative estimate of drug-likeness (QED) is 0.0132. The van der Waals surface area contributed by atoms with Crippen molar-refractivity contribution in [2.75, 3.05) is 37.7 Å². The molecule has 13 amide bonds. The van der Waals surface area contributed by atoms with Gasteiger partial charge in [-0.2, -0.15) is 25.3 Å². The average molecular weight is 1630 g/mol.